The van der Waals surface area contributed by atoms with Crippen LogP contribution in [0.15, 0.2) is 36.5 Å². The van der Waals surface area contributed by atoms with Gasteiger partial charge in [-0.25, -0.2) is 0 Å². The highest BCUT2D eigenvalue weighted by atomic mass is 16.1. The Bertz CT molecular complexity index is 739. The van der Waals surface area contributed by atoms with Crippen molar-refractivity contribution in [3.8, 4) is 0 Å². The van der Waals surface area contributed by atoms with Crippen molar-refractivity contribution in [3.05, 3.63) is 53.3 Å². The number of hydrogen-bond donors (Lipinski definition) is 1. The minimum absolute atomic E-state index is 0.0431. The molecular weight excluding hydrogens is 312 g/mol. The van der Waals surface area contributed by atoms with Crippen LogP contribution in [0, 0.1) is 5.92 Å². The second-order valence-electron chi connectivity index (χ2n) is 7.42. The number of likely N-dealkylation sites (tertiary alicyclic amines) is 1. The molecule has 0 unspecified atom stereocenters. The van der Waals surface area contributed by atoms with Gasteiger partial charge in [-0.3, -0.25) is 14.4 Å². The highest BCUT2D eigenvalue weighted by molar-refractivity contribution is 5.95. The molecule has 5 heteroatoms. The summed E-state index contributed by atoms with van der Waals surface area (Å²) in [7, 11) is 0. The summed E-state index contributed by atoms with van der Waals surface area (Å²) in [5.41, 5.74) is 3.20. The van der Waals surface area contributed by atoms with Crippen LogP contribution in [0.5, 0.6) is 0 Å². The first-order valence-electron chi connectivity index (χ1n) is 9.32. The van der Waals surface area contributed by atoms with Gasteiger partial charge < -0.3 is 5.32 Å². The van der Waals surface area contributed by atoms with Crippen LogP contribution in [0.25, 0.3) is 0 Å². The van der Waals surface area contributed by atoms with Gasteiger partial charge in [0.2, 0.25) is 0 Å². The molecule has 2 atom stereocenters. The number of aromatic nitrogens is 2. The molecule has 1 aromatic carbocycles. The summed E-state index contributed by atoms with van der Waals surface area (Å²) >= 11 is 0. The van der Waals surface area contributed by atoms with Gasteiger partial charge >= 0.3 is 0 Å². The average Bonchev–Trinajstić information content (AvgIpc) is 3.19. The zero-order valence-corrected chi connectivity index (χ0v) is 14.8. The van der Waals surface area contributed by atoms with E-state index < -0.39 is 0 Å². The summed E-state index contributed by atoms with van der Waals surface area (Å²) in [6, 6.07) is 10.7. The summed E-state index contributed by atoms with van der Waals surface area (Å²) < 4.78 is 2.00. The number of nitrogens with zero attached hydrogens (tertiary/aromatic N) is 3. The number of carbonyl (C=O) groups excluding carboxylic acids is 1. The molecule has 0 radical (unpaired) electrons. The lowest BCUT2D eigenvalue weighted by molar-refractivity contribution is 0.0930. The molecule has 3 heterocycles. The summed E-state index contributed by atoms with van der Waals surface area (Å²) in [4.78, 5) is 15.2. The molecule has 2 aliphatic rings. The van der Waals surface area contributed by atoms with E-state index >= 15 is 0 Å². The molecule has 0 saturated carbocycles. The minimum Gasteiger partial charge on any atom is -0.348 e. The number of hydrogen-bond acceptors (Lipinski definition) is 3. The van der Waals surface area contributed by atoms with Crippen molar-refractivity contribution in [2.75, 3.05) is 13.1 Å². The Hall–Kier alpha value is -2.14. The van der Waals surface area contributed by atoms with Crippen molar-refractivity contribution in [2.45, 2.75) is 45.3 Å². The molecule has 1 aromatic heterocycles. The first-order chi connectivity index (χ1) is 12.2. The zero-order valence-electron chi connectivity index (χ0n) is 14.8. The second kappa shape index (κ2) is 7.00. The van der Waals surface area contributed by atoms with E-state index in [1.165, 1.54) is 5.56 Å². The van der Waals surface area contributed by atoms with Gasteiger partial charge in [-0.15, -0.1) is 0 Å². The van der Waals surface area contributed by atoms with Crippen LogP contribution in [0.1, 0.15) is 41.4 Å². The third-order valence-electron chi connectivity index (χ3n) is 5.48. The molecule has 2 aliphatic heterocycles. The predicted molar refractivity (Wildman–Crippen MR) is 97.3 cm³/mol. The van der Waals surface area contributed by atoms with Crippen molar-refractivity contribution in [1.29, 1.82) is 0 Å². The van der Waals surface area contributed by atoms with Crippen molar-refractivity contribution in [1.82, 2.24) is 20.0 Å². The Morgan fingerprint density at radius 3 is 2.92 bits per heavy atom. The highest BCUT2D eigenvalue weighted by Crippen LogP contribution is 2.21. The van der Waals surface area contributed by atoms with Gasteiger partial charge in [-0.05, 0) is 30.7 Å². The Kier molecular flexibility index (Phi) is 4.57. The maximum Gasteiger partial charge on any atom is 0.255 e. The standard InChI is InChI=1S/C20H26N4O/c1-15-12-23(13-16-7-3-2-4-8-16)14-18(15)22-20(25)17-11-21-24-10-6-5-9-19(17)24/h2-4,7-8,11,15,18H,5-6,9-10,12-14H2,1H3,(H,22,25)/t15-,18+/m1/s1. The van der Waals surface area contributed by atoms with E-state index in [-0.39, 0.29) is 11.9 Å². The van der Waals surface area contributed by atoms with Crippen molar-refractivity contribution >= 4 is 5.91 Å². The van der Waals surface area contributed by atoms with Crippen molar-refractivity contribution < 1.29 is 4.79 Å². The minimum atomic E-state index is 0.0431. The first-order valence-corrected chi connectivity index (χ1v) is 9.32. The third kappa shape index (κ3) is 3.47. The zero-order chi connectivity index (χ0) is 17.2. The monoisotopic (exact) mass is 338 g/mol. The normalized spacial score (nSPS) is 23.4. The fourth-order valence-corrected chi connectivity index (χ4v) is 4.08. The number of amides is 1. The Labute approximate surface area is 149 Å². The number of nitrogens with one attached hydrogen (secondary N) is 1. The Morgan fingerprint density at radius 2 is 2.08 bits per heavy atom. The van der Waals surface area contributed by atoms with Gasteiger partial charge in [0.15, 0.2) is 0 Å². The summed E-state index contributed by atoms with van der Waals surface area (Å²) in [5.74, 6) is 0.501. The molecule has 132 valence electrons. The number of benzene rings is 1. The molecule has 4 rings (SSSR count). The Morgan fingerprint density at radius 1 is 1.24 bits per heavy atom. The van der Waals surface area contributed by atoms with Crippen LogP contribution in [-0.4, -0.2) is 39.7 Å². The van der Waals surface area contributed by atoms with Gasteiger partial charge in [-0.2, -0.15) is 5.10 Å². The number of carbonyl (C=O) groups is 1. The Balaban J connectivity index is 1.39. The van der Waals surface area contributed by atoms with E-state index in [1.807, 2.05) is 10.7 Å². The summed E-state index contributed by atoms with van der Waals surface area (Å²) in [5, 5.41) is 7.65. The number of fused-ring (bicyclic) bond motifs is 1. The van der Waals surface area contributed by atoms with Crippen LogP contribution in [0.2, 0.25) is 0 Å². The van der Waals surface area contributed by atoms with E-state index in [0.29, 0.717) is 5.92 Å². The van der Waals surface area contributed by atoms with E-state index in [9.17, 15) is 4.79 Å². The molecule has 0 bridgehead atoms. The maximum absolute atomic E-state index is 12.8. The maximum atomic E-state index is 12.8. The van der Waals surface area contributed by atoms with E-state index in [2.05, 4.69) is 46.5 Å². The first kappa shape index (κ1) is 16.3. The largest absolute Gasteiger partial charge is 0.348 e. The van der Waals surface area contributed by atoms with Gasteiger partial charge in [-0.1, -0.05) is 37.3 Å². The lowest BCUT2D eigenvalue weighted by Gasteiger charge is -2.18. The van der Waals surface area contributed by atoms with Crippen LogP contribution in [0.4, 0.5) is 0 Å². The van der Waals surface area contributed by atoms with Gasteiger partial charge in [0, 0.05) is 32.2 Å². The summed E-state index contributed by atoms with van der Waals surface area (Å²) in [6.07, 6.45) is 5.01. The van der Waals surface area contributed by atoms with Crippen LogP contribution >= 0.6 is 0 Å². The molecule has 1 N–H and O–H groups in total. The van der Waals surface area contributed by atoms with E-state index in [0.717, 1.165) is 56.7 Å². The molecule has 1 amide bonds. The van der Waals surface area contributed by atoms with Gasteiger partial charge in [0.25, 0.3) is 5.91 Å². The van der Waals surface area contributed by atoms with Crippen molar-refractivity contribution in [2.24, 2.45) is 5.92 Å². The number of rotatable bonds is 4. The lowest BCUT2D eigenvalue weighted by Crippen LogP contribution is -2.40. The predicted octanol–water partition coefficient (Wildman–Crippen LogP) is 2.47. The highest BCUT2D eigenvalue weighted by Gasteiger charge is 2.31. The SMILES string of the molecule is C[C@@H]1CN(Cc2ccccc2)C[C@@H]1NC(=O)c1cnn2c1CCCC2. The molecule has 0 aliphatic carbocycles. The molecule has 0 spiro atoms. The number of aryl methyl sites for hydroxylation is 1. The van der Waals surface area contributed by atoms with Gasteiger partial charge in [0.05, 0.1) is 17.5 Å². The second-order valence-corrected chi connectivity index (χ2v) is 7.42. The van der Waals surface area contributed by atoms with E-state index in [4.69, 9.17) is 0 Å². The van der Waals surface area contributed by atoms with E-state index in [1.54, 1.807) is 6.20 Å². The lowest BCUT2D eigenvalue weighted by atomic mass is 10.0. The average molecular weight is 338 g/mol. The quantitative estimate of drug-likeness (QED) is 0.932. The summed E-state index contributed by atoms with van der Waals surface area (Å²) in [6.45, 7) is 6.04. The topological polar surface area (TPSA) is 50.2 Å². The fourth-order valence-electron chi connectivity index (χ4n) is 4.08. The molecular formula is C20H26N4O. The van der Waals surface area contributed by atoms with Gasteiger partial charge in [0.1, 0.15) is 0 Å². The molecule has 2 aromatic rings. The van der Waals surface area contributed by atoms with Crippen LogP contribution in [-0.2, 0) is 19.5 Å². The van der Waals surface area contributed by atoms with Crippen molar-refractivity contribution in [3.63, 3.8) is 0 Å². The van der Waals surface area contributed by atoms with Crippen LogP contribution < -0.4 is 5.32 Å². The molecule has 25 heavy (non-hydrogen) atoms. The fraction of sp³-hybridized carbons (Fsp3) is 0.500. The smallest absolute Gasteiger partial charge is 0.255 e. The third-order valence-corrected chi connectivity index (χ3v) is 5.48. The van der Waals surface area contributed by atoms with Crippen LogP contribution in [0.3, 0.4) is 0 Å². The molecule has 1 saturated heterocycles. The molecule has 1 fully saturated rings. The molecule has 5 nitrogen and oxygen atoms in total.